The Morgan fingerprint density at radius 1 is 0.893 bits per heavy atom. The molecule has 0 aliphatic rings. The zero-order valence-electron chi connectivity index (χ0n) is 17.9. The van der Waals surface area contributed by atoms with Crippen LogP contribution in [0.15, 0.2) is 23.8 Å². The van der Waals surface area contributed by atoms with Crippen LogP contribution in [0.1, 0.15) is 46.1 Å². The van der Waals surface area contributed by atoms with E-state index in [2.05, 4.69) is 38.3 Å². The van der Waals surface area contributed by atoms with E-state index in [1.165, 1.54) is 0 Å². The van der Waals surface area contributed by atoms with E-state index < -0.39 is 0 Å². The molecule has 0 bridgehead atoms. The van der Waals surface area contributed by atoms with Crippen molar-refractivity contribution in [2.45, 2.75) is 40.5 Å². The third-order valence-electron chi connectivity index (χ3n) is 4.22. The molecule has 0 saturated heterocycles. The number of hydrogen-bond donors (Lipinski definition) is 2. The predicted octanol–water partition coefficient (Wildman–Crippen LogP) is 3.41. The molecular formula is C22H34N2O4. The number of ether oxygens (including phenoxy) is 2. The number of hydrogen-bond acceptors (Lipinski definition) is 4. The minimum atomic E-state index is -0.377. The first kappa shape index (κ1) is 23.5. The highest BCUT2D eigenvalue weighted by Crippen LogP contribution is 2.28. The molecule has 6 nitrogen and oxygen atoms in total. The van der Waals surface area contributed by atoms with Crippen LogP contribution in [-0.4, -0.2) is 39.1 Å². The van der Waals surface area contributed by atoms with Gasteiger partial charge in [-0.3, -0.25) is 9.59 Å². The van der Waals surface area contributed by atoms with Gasteiger partial charge in [-0.05, 0) is 48.4 Å². The minimum absolute atomic E-state index is 0.0831. The average Bonchev–Trinajstić information content (AvgIpc) is 2.64. The largest absolute Gasteiger partial charge is 0.493 e. The number of benzene rings is 1. The molecule has 0 aliphatic heterocycles. The summed E-state index contributed by atoms with van der Waals surface area (Å²) in [4.78, 5) is 25.3. The zero-order valence-corrected chi connectivity index (χ0v) is 17.9. The monoisotopic (exact) mass is 390 g/mol. The molecule has 0 unspecified atom stereocenters. The number of nitrogens with one attached hydrogen (secondary N) is 2. The normalized spacial score (nSPS) is 10.6. The number of carbonyl (C=O) groups is 2. The van der Waals surface area contributed by atoms with Gasteiger partial charge in [0.05, 0.1) is 14.2 Å². The maximum Gasteiger partial charge on any atom is 0.256 e. The Balaban J connectivity index is 3.05. The number of amides is 2. The summed E-state index contributed by atoms with van der Waals surface area (Å²) in [6.45, 7) is 9.41. The van der Waals surface area contributed by atoms with E-state index in [0.29, 0.717) is 42.0 Å². The van der Waals surface area contributed by atoms with Gasteiger partial charge in [0.1, 0.15) is 5.57 Å². The molecule has 2 amide bonds. The standard InChI is InChI=1S/C22H34N2O4/c1-15(2)9-11-23-21(25)18(22(26)24-12-10-16(3)4)13-17-7-8-19(27-5)20(14-17)28-6/h7-8,13-16H,9-12H2,1-6H3,(H,23,25)(H,24,26). The van der Waals surface area contributed by atoms with E-state index in [-0.39, 0.29) is 17.4 Å². The quantitative estimate of drug-likeness (QED) is 0.345. The lowest BCUT2D eigenvalue weighted by atomic mass is 10.1. The molecular weight excluding hydrogens is 356 g/mol. The summed E-state index contributed by atoms with van der Waals surface area (Å²) in [7, 11) is 3.10. The molecule has 28 heavy (non-hydrogen) atoms. The Bertz CT molecular complexity index is 653. The molecule has 0 fully saturated rings. The molecule has 1 aromatic rings. The van der Waals surface area contributed by atoms with Crippen LogP contribution in [0.3, 0.4) is 0 Å². The van der Waals surface area contributed by atoms with Crippen molar-refractivity contribution in [2.75, 3.05) is 27.3 Å². The van der Waals surface area contributed by atoms with Gasteiger partial charge < -0.3 is 20.1 Å². The zero-order chi connectivity index (χ0) is 21.1. The fourth-order valence-corrected chi connectivity index (χ4v) is 2.48. The average molecular weight is 391 g/mol. The molecule has 0 aromatic heterocycles. The molecule has 2 N–H and O–H groups in total. The van der Waals surface area contributed by atoms with Crippen molar-refractivity contribution in [2.24, 2.45) is 11.8 Å². The van der Waals surface area contributed by atoms with Crippen molar-refractivity contribution in [3.05, 3.63) is 29.3 Å². The summed E-state index contributed by atoms with van der Waals surface area (Å²) >= 11 is 0. The van der Waals surface area contributed by atoms with Gasteiger partial charge in [-0.25, -0.2) is 0 Å². The highest BCUT2D eigenvalue weighted by atomic mass is 16.5. The van der Waals surface area contributed by atoms with Gasteiger partial charge in [0.25, 0.3) is 11.8 Å². The van der Waals surface area contributed by atoms with Crippen LogP contribution < -0.4 is 20.1 Å². The van der Waals surface area contributed by atoms with Crippen molar-refractivity contribution in [3.8, 4) is 11.5 Å². The van der Waals surface area contributed by atoms with E-state index >= 15 is 0 Å². The summed E-state index contributed by atoms with van der Waals surface area (Å²) in [5.41, 5.74) is 0.769. The molecule has 0 atom stereocenters. The smallest absolute Gasteiger partial charge is 0.256 e. The Morgan fingerprint density at radius 2 is 1.39 bits per heavy atom. The van der Waals surface area contributed by atoms with Gasteiger partial charge >= 0.3 is 0 Å². The second-order valence-electron chi connectivity index (χ2n) is 7.55. The fraction of sp³-hybridized carbons (Fsp3) is 0.545. The van der Waals surface area contributed by atoms with Crippen LogP contribution in [0.25, 0.3) is 6.08 Å². The van der Waals surface area contributed by atoms with Crippen molar-refractivity contribution < 1.29 is 19.1 Å². The summed E-state index contributed by atoms with van der Waals surface area (Å²) in [6.07, 6.45) is 3.28. The third kappa shape index (κ3) is 8.03. The maximum atomic E-state index is 12.6. The predicted molar refractivity (Wildman–Crippen MR) is 112 cm³/mol. The van der Waals surface area contributed by atoms with Gasteiger partial charge in [0.2, 0.25) is 0 Å². The summed E-state index contributed by atoms with van der Waals surface area (Å²) in [5, 5.41) is 5.68. The molecule has 0 spiro atoms. The number of carbonyl (C=O) groups excluding carboxylic acids is 2. The number of methoxy groups -OCH3 is 2. The second-order valence-corrected chi connectivity index (χ2v) is 7.55. The molecule has 156 valence electrons. The molecule has 0 aliphatic carbocycles. The van der Waals surface area contributed by atoms with E-state index in [0.717, 1.165) is 12.8 Å². The van der Waals surface area contributed by atoms with Gasteiger partial charge in [-0.2, -0.15) is 0 Å². The van der Waals surface area contributed by atoms with Gasteiger partial charge in [0.15, 0.2) is 11.5 Å². The SMILES string of the molecule is COc1ccc(C=C(C(=O)NCCC(C)C)C(=O)NCCC(C)C)cc1OC. The molecule has 0 radical (unpaired) electrons. The lowest BCUT2D eigenvalue weighted by Gasteiger charge is -2.12. The molecule has 0 heterocycles. The fourth-order valence-electron chi connectivity index (χ4n) is 2.48. The first-order valence-corrected chi connectivity index (χ1v) is 9.78. The van der Waals surface area contributed by atoms with Crippen LogP contribution in [0.5, 0.6) is 11.5 Å². The van der Waals surface area contributed by atoms with E-state index in [1.807, 2.05) is 0 Å². The van der Waals surface area contributed by atoms with Crippen LogP contribution in [0.4, 0.5) is 0 Å². The van der Waals surface area contributed by atoms with Crippen LogP contribution in [0.2, 0.25) is 0 Å². The van der Waals surface area contributed by atoms with Crippen molar-refractivity contribution in [3.63, 3.8) is 0 Å². The molecule has 0 saturated carbocycles. The second kappa shape index (κ2) is 12.1. The first-order valence-electron chi connectivity index (χ1n) is 9.78. The number of rotatable bonds is 11. The Morgan fingerprint density at radius 3 is 1.82 bits per heavy atom. The summed E-state index contributed by atoms with van der Waals surface area (Å²) in [5.74, 6) is 1.31. The van der Waals surface area contributed by atoms with Crippen LogP contribution in [-0.2, 0) is 9.59 Å². The van der Waals surface area contributed by atoms with E-state index in [9.17, 15) is 9.59 Å². The maximum absolute atomic E-state index is 12.6. The Labute approximate surface area is 168 Å². The lowest BCUT2D eigenvalue weighted by Crippen LogP contribution is -2.36. The van der Waals surface area contributed by atoms with Gasteiger partial charge in [-0.15, -0.1) is 0 Å². The van der Waals surface area contributed by atoms with Gasteiger partial charge in [-0.1, -0.05) is 33.8 Å². The highest BCUT2D eigenvalue weighted by Gasteiger charge is 2.18. The van der Waals surface area contributed by atoms with Crippen molar-refractivity contribution >= 4 is 17.9 Å². The third-order valence-corrected chi connectivity index (χ3v) is 4.22. The minimum Gasteiger partial charge on any atom is -0.493 e. The summed E-state index contributed by atoms with van der Waals surface area (Å²) < 4.78 is 10.5. The van der Waals surface area contributed by atoms with E-state index in [4.69, 9.17) is 9.47 Å². The van der Waals surface area contributed by atoms with E-state index in [1.54, 1.807) is 38.5 Å². The van der Waals surface area contributed by atoms with Crippen LogP contribution in [0, 0.1) is 11.8 Å². The van der Waals surface area contributed by atoms with Gasteiger partial charge in [0, 0.05) is 13.1 Å². The summed E-state index contributed by atoms with van der Waals surface area (Å²) in [6, 6.07) is 5.27. The molecule has 1 rings (SSSR count). The van der Waals surface area contributed by atoms with Crippen molar-refractivity contribution in [1.29, 1.82) is 0 Å². The highest BCUT2D eigenvalue weighted by molar-refractivity contribution is 6.21. The Hall–Kier alpha value is -2.50. The molecule has 6 heteroatoms. The topological polar surface area (TPSA) is 76.7 Å². The molecule has 1 aromatic carbocycles. The van der Waals surface area contributed by atoms with Crippen LogP contribution >= 0.6 is 0 Å². The lowest BCUT2D eigenvalue weighted by molar-refractivity contribution is -0.123. The Kier molecular flexibility index (Phi) is 10.1. The van der Waals surface area contributed by atoms with Crippen molar-refractivity contribution in [1.82, 2.24) is 10.6 Å². The first-order chi connectivity index (χ1) is 13.3.